The Balaban J connectivity index is 2.17. The zero-order valence-electron chi connectivity index (χ0n) is 12.6. The van der Waals surface area contributed by atoms with Crippen LogP contribution in [0.1, 0.15) is 12.5 Å². The monoisotopic (exact) mass is 292 g/mol. The van der Waals surface area contributed by atoms with Gasteiger partial charge in [0.05, 0.1) is 5.69 Å². The van der Waals surface area contributed by atoms with Gasteiger partial charge in [-0.1, -0.05) is 13.0 Å². The molecule has 2 rings (SSSR count). The van der Waals surface area contributed by atoms with Crippen molar-refractivity contribution < 1.29 is 14.3 Å². The minimum Gasteiger partial charge on any atom is -0.478 e. The molecule has 5 heteroatoms. The van der Waals surface area contributed by atoms with E-state index >= 15 is 0 Å². The van der Waals surface area contributed by atoms with Crippen molar-refractivity contribution in [1.82, 2.24) is 4.90 Å². The summed E-state index contributed by atoms with van der Waals surface area (Å²) in [4.78, 5) is 14.7. The molecule has 1 aliphatic heterocycles. The van der Waals surface area contributed by atoms with Gasteiger partial charge in [0.2, 0.25) is 0 Å². The average molecular weight is 292 g/mol. The van der Waals surface area contributed by atoms with E-state index in [9.17, 15) is 9.18 Å². The van der Waals surface area contributed by atoms with Gasteiger partial charge >= 0.3 is 5.97 Å². The van der Waals surface area contributed by atoms with E-state index in [1.807, 2.05) is 14.1 Å². The number of rotatable bonds is 4. The van der Waals surface area contributed by atoms with Gasteiger partial charge in [0.15, 0.2) is 0 Å². The van der Waals surface area contributed by atoms with Crippen molar-refractivity contribution >= 4 is 17.7 Å². The van der Waals surface area contributed by atoms with Gasteiger partial charge in [0.25, 0.3) is 0 Å². The molecule has 1 N–H and O–H groups in total. The van der Waals surface area contributed by atoms with E-state index in [-0.39, 0.29) is 5.82 Å². The minimum atomic E-state index is -1.04. The molecule has 4 nitrogen and oxygen atoms in total. The number of hydrogen-bond acceptors (Lipinski definition) is 3. The number of halogens is 1. The molecule has 0 aliphatic carbocycles. The maximum absolute atomic E-state index is 14.2. The van der Waals surface area contributed by atoms with E-state index in [1.54, 1.807) is 12.1 Å². The van der Waals surface area contributed by atoms with Gasteiger partial charge in [-0.3, -0.25) is 0 Å². The summed E-state index contributed by atoms with van der Waals surface area (Å²) in [6.07, 6.45) is 2.40. The molecule has 21 heavy (non-hydrogen) atoms. The molecule has 1 fully saturated rings. The summed E-state index contributed by atoms with van der Waals surface area (Å²) in [5.74, 6) is -0.873. The van der Waals surface area contributed by atoms with Crippen molar-refractivity contribution in [2.75, 3.05) is 32.1 Å². The number of carboxylic acid groups (broad SMARTS) is 1. The smallest absolute Gasteiger partial charge is 0.328 e. The lowest BCUT2D eigenvalue weighted by molar-refractivity contribution is -0.131. The Hall–Kier alpha value is -1.88. The van der Waals surface area contributed by atoms with Crippen LogP contribution < -0.4 is 4.90 Å². The van der Waals surface area contributed by atoms with Crippen molar-refractivity contribution in [1.29, 1.82) is 0 Å². The summed E-state index contributed by atoms with van der Waals surface area (Å²) in [6, 6.07) is 5.26. The van der Waals surface area contributed by atoms with Gasteiger partial charge in [-0.2, -0.15) is 0 Å². The van der Waals surface area contributed by atoms with Crippen molar-refractivity contribution in [2.45, 2.75) is 13.0 Å². The van der Waals surface area contributed by atoms with Crippen LogP contribution in [-0.2, 0) is 4.79 Å². The number of likely N-dealkylation sites (N-methyl/N-ethyl adjacent to an activating group) is 1. The van der Waals surface area contributed by atoms with Gasteiger partial charge in [0, 0.05) is 25.2 Å². The highest BCUT2D eigenvalue weighted by molar-refractivity contribution is 5.85. The second-order valence-corrected chi connectivity index (χ2v) is 5.80. The molecule has 1 saturated heterocycles. The number of anilines is 1. The summed E-state index contributed by atoms with van der Waals surface area (Å²) < 4.78 is 14.2. The van der Waals surface area contributed by atoms with Crippen molar-refractivity contribution in [3.05, 3.63) is 35.7 Å². The van der Waals surface area contributed by atoms with Gasteiger partial charge in [0.1, 0.15) is 5.82 Å². The fourth-order valence-corrected chi connectivity index (χ4v) is 2.87. The number of carbonyl (C=O) groups is 1. The first-order valence-electron chi connectivity index (χ1n) is 7.00. The molecule has 2 atom stereocenters. The van der Waals surface area contributed by atoms with Crippen LogP contribution in [0.3, 0.4) is 0 Å². The summed E-state index contributed by atoms with van der Waals surface area (Å²) in [5.41, 5.74) is 1.13. The zero-order valence-corrected chi connectivity index (χ0v) is 12.6. The lowest BCUT2D eigenvalue weighted by atomic mass is 10.1. The number of carboxylic acids is 1. The first-order valence-corrected chi connectivity index (χ1v) is 7.00. The third-order valence-corrected chi connectivity index (χ3v) is 3.97. The SMILES string of the molecule is CC1CN(c2ccc(/C=C/C(=O)O)cc2F)CC1N(C)C. The first kappa shape index (κ1) is 15.5. The Kier molecular flexibility index (Phi) is 4.63. The highest BCUT2D eigenvalue weighted by atomic mass is 19.1. The predicted octanol–water partition coefficient (Wildman–Crippen LogP) is 2.31. The molecule has 1 aliphatic rings. The second-order valence-electron chi connectivity index (χ2n) is 5.80. The second kappa shape index (κ2) is 6.26. The maximum atomic E-state index is 14.2. The van der Waals surface area contributed by atoms with Gasteiger partial charge < -0.3 is 14.9 Å². The number of benzene rings is 1. The standard InChI is InChI=1S/C16H21FN2O2/c1-11-9-19(10-15(11)18(2)3)14-6-4-12(8-13(14)17)5-7-16(20)21/h4-8,11,15H,9-10H2,1-3H3,(H,20,21)/b7-5+. The molecular formula is C16H21FN2O2. The Bertz CT molecular complexity index is 557. The van der Waals surface area contributed by atoms with Crippen molar-refractivity contribution in [3.8, 4) is 0 Å². The van der Waals surface area contributed by atoms with Crippen molar-refractivity contribution in [3.63, 3.8) is 0 Å². The fourth-order valence-electron chi connectivity index (χ4n) is 2.87. The molecule has 0 bridgehead atoms. The third-order valence-electron chi connectivity index (χ3n) is 3.97. The summed E-state index contributed by atoms with van der Waals surface area (Å²) in [5, 5.41) is 8.59. The van der Waals surface area contributed by atoms with Gasteiger partial charge in [-0.05, 0) is 43.8 Å². The Morgan fingerprint density at radius 3 is 2.67 bits per heavy atom. The molecule has 0 saturated carbocycles. The average Bonchev–Trinajstić information content (AvgIpc) is 2.78. The van der Waals surface area contributed by atoms with Crippen molar-refractivity contribution in [2.24, 2.45) is 5.92 Å². The Morgan fingerprint density at radius 1 is 1.43 bits per heavy atom. The van der Waals surface area contributed by atoms with E-state index in [4.69, 9.17) is 5.11 Å². The van der Waals surface area contributed by atoms with Crippen LogP contribution >= 0.6 is 0 Å². The van der Waals surface area contributed by atoms with E-state index in [2.05, 4.69) is 16.7 Å². The maximum Gasteiger partial charge on any atom is 0.328 e. The third kappa shape index (κ3) is 3.61. The van der Waals surface area contributed by atoms with Gasteiger partial charge in [-0.15, -0.1) is 0 Å². The van der Waals surface area contributed by atoms with Crippen LogP contribution in [-0.4, -0.2) is 49.2 Å². The normalized spacial score (nSPS) is 22.4. The molecule has 1 aromatic rings. The predicted molar refractivity (Wildman–Crippen MR) is 81.9 cm³/mol. The van der Waals surface area contributed by atoms with Gasteiger partial charge in [-0.25, -0.2) is 9.18 Å². The highest BCUT2D eigenvalue weighted by Crippen LogP contribution is 2.28. The number of nitrogens with zero attached hydrogens (tertiary/aromatic N) is 2. The van der Waals surface area contributed by atoms with E-state index < -0.39 is 5.97 Å². The number of aliphatic carboxylic acids is 1. The molecule has 114 valence electrons. The molecule has 0 radical (unpaired) electrons. The lowest BCUT2D eigenvalue weighted by Gasteiger charge is -2.23. The summed E-state index contributed by atoms with van der Waals surface area (Å²) in [7, 11) is 4.08. The van der Waals surface area contributed by atoms with E-state index in [1.165, 1.54) is 12.1 Å². The molecule has 0 aromatic heterocycles. The van der Waals surface area contributed by atoms with Crippen LogP contribution in [0.2, 0.25) is 0 Å². The van der Waals surface area contributed by atoms with Crippen LogP contribution in [0, 0.1) is 11.7 Å². The molecule has 2 unspecified atom stereocenters. The number of hydrogen-bond donors (Lipinski definition) is 1. The minimum absolute atomic E-state index is 0.311. The fraction of sp³-hybridized carbons (Fsp3) is 0.438. The van der Waals surface area contributed by atoms with Crippen LogP contribution in [0.5, 0.6) is 0 Å². The highest BCUT2D eigenvalue weighted by Gasteiger charge is 2.32. The first-order chi connectivity index (χ1) is 9.88. The summed E-state index contributed by atoms with van der Waals surface area (Å²) >= 11 is 0. The largest absolute Gasteiger partial charge is 0.478 e. The Morgan fingerprint density at radius 2 is 2.14 bits per heavy atom. The van der Waals surface area contributed by atoms with Crippen LogP contribution in [0.4, 0.5) is 10.1 Å². The van der Waals surface area contributed by atoms with Crippen LogP contribution in [0.15, 0.2) is 24.3 Å². The molecule has 0 amide bonds. The quantitative estimate of drug-likeness (QED) is 0.865. The van der Waals surface area contributed by atoms with Crippen LogP contribution in [0.25, 0.3) is 6.08 Å². The topological polar surface area (TPSA) is 43.8 Å². The Labute approximate surface area is 124 Å². The zero-order chi connectivity index (χ0) is 15.6. The lowest BCUT2D eigenvalue weighted by Crippen LogP contribution is -2.34. The molecule has 1 aromatic carbocycles. The molecule has 0 spiro atoms. The van der Waals surface area contributed by atoms with E-state index in [0.29, 0.717) is 23.2 Å². The molecular weight excluding hydrogens is 271 g/mol. The summed E-state index contributed by atoms with van der Waals surface area (Å²) in [6.45, 7) is 3.80. The molecule has 1 heterocycles. The van der Waals surface area contributed by atoms with E-state index in [0.717, 1.165) is 19.2 Å².